The molecule has 2 heterocycles. The quantitative estimate of drug-likeness (QED) is 0.137. The second-order valence-electron chi connectivity index (χ2n) is 11.8. The van der Waals surface area contributed by atoms with Crippen LogP contribution in [0, 0.1) is 17.8 Å². The van der Waals surface area contributed by atoms with Crippen LogP contribution in [0.2, 0.25) is 18.1 Å². The van der Waals surface area contributed by atoms with Gasteiger partial charge in [0.25, 0.3) is 0 Å². The molecule has 2 saturated heterocycles. The lowest BCUT2D eigenvalue weighted by Gasteiger charge is -2.51. The Kier molecular flexibility index (Phi) is 13.3. The zero-order chi connectivity index (χ0) is 30.3. The summed E-state index contributed by atoms with van der Waals surface area (Å²) in [5.41, 5.74) is 9.38. The van der Waals surface area contributed by atoms with E-state index < -0.39 is 63.2 Å². The molecule has 2 fully saturated rings. The lowest BCUT2D eigenvalue weighted by molar-refractivity contribution is -0.325. The lowest BCUT2D eigenvalue weighted by atomic mass is 9.87. The number of carbonyl (C=O) groups excluding carboxylic acids is 3. The highest BCUT2D eigenvalue weighted by Crippen LogP contribution is 2.47. The molecule has 12 nitrogen and oxygen atoms in total. The number of hydrogen-bond donors (Lipinski definition) is 1. The van der Waals surface area contributed by atoms with Crippen LogP contribution < -0.4 is 0 Å². The standard InChI is InChI=1S/C25H47N3O7Si.CO2/c1-12-18-21(34-24-22(32-17(7)29)15(5)20(30)16(6)31-24)14(4)19(27-28-26)23(33-18)35-36(10,11)25(8,9)13(2)3;2-1-3/h13-16,18-24,30H,12H2,1-11H3;/t14-,15+,16?,18?,19?,20+,21+,22?,23+,24+;/m1./s1. The van der Waals surface area contributed by atoms with Crippen molar-refractivity contribution in [3.63, 3.8) is 0 Å². The van der Waals surface area contributed by atoms with Gasteiger partial charge in [-0.2, -0.15) is 9.59 Å². The highest BCUT2D eigenvalue weighted by Gasteiger charge is 2.52. The van der Waals surface area contributed by atoms with Gasteiger partial charge in [0.1, 0.15) is 0 Å². The third-order valence-corrected chi connectivity index (χ3v) is 13.3. The van der Waals surface area contributed by atoms with Gasteiger partial charge < -0.3 is 28.5 Å². The molecule has 0 aromatic rings. The number of aliphatic hydroxyl groups is 1. The van der Waals surface area contributed by atoms with Crippen LogP contribution in [-0.4, -0.2) is 74.7 Å². The number of hydrogen-bond acceptors (Lipinski definition) is 10. The Morgan fingerprint density at radius 1 is 1.13 bits per heavy atom. The normalized spacial score (nSPS) is 35.2. The van der Waals surface area contributed by atoms with Gasteiger partial charge in [-0.3, -0.25) is 4.79 Å². The molecule has 2 aliphatic rings. The van der Waals surface area contributed by atoms with Crippen LogP contribution in [0.4, 0.5) is 0 Å². The Bertz CT molecular complexity index is 890. The van der Waals surface area contributed by atoms with E-state index in [0.717, 1.165) is 0 Å². The molecule has 0 aliphatic carbocycles. The van der Waals surface area contributed by atoms with Crippen molar-refractivity contribution in [2.45, 2.75) is 136 Å². The van der Waals surface area contributed by atoms with Gasteiger partial charge in [0.15, 0.2) is 27.0 Å². The predicted octanol–water partition coefficient (Wildman–Crippen LogP) is 4.57. The summed E-state index contributed by atoms with van der Waals surface area (Å²) in [5, 5.41) is 14.5. The van der Waals surface area contributed by atoms with Gasteiger partial charge in [0.2, 0.25) is 0 Å². The average Bonchev–Trinajstić information content (AvgIpc) is 2.83. The third-order valence-electron chi connectivity index (χ3n) is 8.75. The molecule has 1 N–H and O–H groups in total. The van der Waals surface area contributed by atoms with E-state index in [1.165, 1.54) is 6.92 Å². The van der Waals surface area contributed by atoms with Gasteiger partial charge in [0.05, 0.1) is 30.5 Å². The smallest absolute Gasteiger partial charge is 0.373 e. The molecule has 4 unspecified atom stereocenters. The van der Waals surface area contributed by atoms with E-state index in [1.54, 1.807) is 6.92 Å². The fourth-order valence-electron chi connectivity index (χ4n) is 4.96. The van der Waals surface area contributed by atoms with E-state index in [0.29, 0.717) is 12.3 Å². The second kappa shape index (κ2) is 14.7. The van der Waals surface area contributed by atoms with Gasteiger partial charge in [-0.1, -0.05) is 53.6 Å². The van der Waals surface area contributed by atoms with Gasteiger partial charge in [-0.15, -0.1) is 0 Å². The highest BCUT2D eigenvalue weighted by atomic mass is 28.4. The molecular weight excluding hydrogens is 526 g/mol. The molecule has 0 spiro atoms. The summed E-state index contributed by atoms with van der Waals surface area (Å²) in [6, 6.07) is -0.617. The van der Waals surface area contributed by atoms with Crippen molar-refractivity contribution in [1.82, 2.24) is 0 Å². The number of ether oxygens (including phenoxy) is 4. The van der Waals surface area contributed by atoms with Crippen molar-refractivity contribution in [2.75, 3.05) is 0 Å². The fourth-order valence-corrected chi connectivity index (χ4v) is 7.43. The zero-order valence-corrected chi connectivity index (χ0v) is 26.1. The second-order valence-corrected chi connectivity index (χ2v) is 16.4. The minimum atomic E-state index is -2.30. The van der Waals surface area contributed by atoms with E-state index in [-0.39, 0.29) is 23.2 Å². The number of nitrogens with zero attached hydrogens (tertiary/aromatic N) is 3. The van der Waals surface area contributed by atoms with E-state index >= 15 is 0 Å². The van der Waals surface area contributed by atoms with E-state index in [1.807, 2.05) is 20.8 Å². The molecule has 0 amide bonds. The van der Waals surface area contributed by atoms with E-state index in [4.69, 9.17) is 33.0 Å². The molecule has 0 saturated carbocycles. The van der Waals surface area contributed by atoms with Crippen molar-refractivity contribution in [3.8, 4) is 0 Å². The molecule has 224 valence electrons. The largest absolute Gasteiger partial charge is 0.457 e. The molecule has 0 aromatic carbocycles. The predicted molar refractivity (Wildman–Crippen MR) is 143 cm³/mol. The number of aliphatic hydroxyl groups excluding tert-OH is 1. The Morgan fingerprint density at radius 3 is 2.15 bits per heavy atom. The monoisotopic (exact) mass is 573 g/mol. The maximum absolute atomic E-state index is 11.8. The topological polar surface area (TPSA) is 166 Å². The summed E-state index contributed by atoms with van der Waals surface area (Å²) < 4.78 is 31.1. The first-order chi connectivity index (χ1) is 18.0. The Morgan fingerprint density at radius 2 is 1.69 bits per heavy atom. The first kappa shape index (κ1) is 35.2. The minimum Gasteiger partial charge on any atom is -0.457 e. The van der Waals surface area contributed by atoms with Crippen LogP contribution >= 0.6 is 0 Å². The molecule has 0 bridgehead atoms. The van der Waals surface area contributed by atoms with Crippen LogP contribution in [0.5, 0.6) is 0 Å². The summed E-state index contributed by atoms with van der Waals surface area (Å²) >= 11 is 0. The van der Waals surface area contributed by atoms with Crippen molar-refractivity contribution < 1.29 is 42.9 Å². The maximum atomic E-state index is 11.8. The van der Waals surface area contributed by atoms with Crippen molar-refractivity contribution in [2.24, 2.45) is 22.9 Å². The summed E-state index contributed by atoms with van der Waals surface area (Å²) in [4.78, 5) is 31.2. The minimum absolute atomic E-state index is 0.0458. The first-order valence-electron chi connectivity index (χ1n) is 13.5. The molecule has 39 heavy (non-hydrogen) atoms. The first-order valence-corrected chi connectivity index (χ1v) is 16.4. The number of carbonyl (C=O) groups is 1. The van der Waals surface area contributed by atoms with Crippen LogP contribution in [-0.2, 0) is 37.8 Å². The molecule has 0 radical (unpaired) electrons. The zero-order valence-electron chi connectivity index (χ0n) is 25.1. The van der Waals surface area contributed by atoms with Crippen molar-refractivity contribution >= 4 is 20.4 Å². The van der Waals surface area contributed by atoms with E-state index in [9.17, 15) is 15.4 Å². The molecule has 2 rings (SSSR count). The molecule has 0 aromatic heterocycles. The van der Waals surface area contributed by atoms with E-state index in [2.05, 4.69) is 50.8 Å². The number of esters is 1. The van der Waals surface area contributed by atoms with Gasteiger partial charge >= 0.3 is 12.1 Å². The lowest BCUT2D eigenvalue weighted by Crippen LogP contribution is -2.61. The summed E-state index contributed by atoms with van der Waals surface area (Å²) in [5.74, 6) is -0.740. The highest BCUT2D eigenvalue weighted by molar-refractivity contribution is 6.74. The van der Waals surface area contributed by atoms with Gasteiger partial charge in [-0.05, 0) is 48.8 Å². The van der Waals surface area contributed by atoms with Crippen LogP contribution in [0.25, 0.3) is 10.4 Å². The third kappa shape index (κ3) is 8.34. The summed E-state index contributed by atoms with van der Waals surface area (Å²) in [6.45, 7) is 22.0. The summed E-state index contributed by atoms with van der Waals surface area (Å²) in [7, 11) is -2.30. The van der Waals surface area contributed by atoms with Gasteiger partial charge in [0, 0.05) is 17.8 Å². The van der Waals surface area contributed by atoms with Crippen LogP contribution in [0.15, 0.2) is 5.11 Å². The van der Waals surface area contributed by atoms with Crippen LogP contribution in [0.1, 0.15) is 68.7 Å². The molecule has 2 aliphatic heterocycles. The Labute approximate surface area is 232 Å². The van der Waals surface area contributed by atoms with Crippen molar-refractivity contribution in [1.29, 1.82) is 0 Å². The molecular formula is C26H47N3O9Si. The average molecular weight is 574 g/mol. The maximum Gasteiger partial charge on any atom is 0.373 e. The van der Waals surface area contributed by atoms with Crippen molar-refractivity contribution in [3.05, 3.63) is 10.4 Å². The van der Waals surface area contributed by atoms with Crippen LogP contribution in [0.3, 0.4) is 0 Å². The Hall–Kier alpha value is -1.82. The van der Waals surface area contributed by atoms with Gasteiger partial charge in [-0.25, -0.2) is 0 Å². The SMILES string of the molecule is CCC1O[C@@H](O[Si](C)(C)C(C)(C)C(C)C)C(N=[N+]=[N-])[C@@H](C)[C@@H]1O[C@@H]1OC(C)[C@@H](O)[C@H](C)C1OC(C)=O.O=C=O. The molecule has 13 heteroatoms. The number of azide groups is 1. The Balaban J connectivity index is 0.00000242. The fraction of sp³-hybridized carbons (Fsp3) is 0.923. The summed E-state index contributed by atoms with van der Waals surface area (Å²) in [6.07, 6.45) is -3.69. The molecule has 10 atom stereocenters. The number of rotatable bonds is 9.